The molecule has 0 aliphatic carbocycles. The van der Waals surface area contributed by atoms with Gasteiger partial charge in [-0.25, -0.2) is 4.98 Å². The van der Waals surface area contributed by atoms with Gasteiger partial charge in [-0.15, -0.1) is 11.3 Å². The van der Waals surface area contributed by atoms with E-state index in [-0.39, 0.29) is 11.5 Å². The number of nitrogens with zero attached hydrogens (tertiary/aromatic N) is 1. The maximum Gasteiger partial charge on any atom is 0.128 e. The number of hydrogen-bond acceptors (Lipinski definition) is 4. The molecule has 1 atom stereocenters. The molecule has 0 bridgehead atoms. The second kappa shape index (κ2) is 6.80. The topological polar surface area (TPSA) is 48.1 Å². The Balaban J connectivity index is 2.51. The van der Waals surface area contributed by atoms with Crippen molar-refractivity contribution < 1.29 is 4.74 Å². The Kier molecular flexibility index (Phi) is 5.24. The van der Waals surface area contributed by atoms with E-state index in [1.165, 1.54) is 5.56 Å². The molecule has 0 aliphatic rings. The molecule has 2 aromatic rings. The normalized spacial score (nSPS) is 13.2. The smallest absolute Gasteiger partial charge is 0.128 e. The summed E-state index contributed by atoms with van der Waals surface area (Å²) in [7, 11) is 0. The number of rotatable bonds is 6. The third kappa shape index (κ3) is 3.50. The van der Waals surface area contributed by atoms with Gasteiger partial charge in [-0.2, -0.15) is 0 Å². The largest absolute Gasteiger partial charge is 0.493 e. The molecule has 0 radical (unpaired) electrons. The van der Waals surface area contributed by atoms with Crippen LogP contribution in [0.15, 0.2) is 23.6 Å². The molecule has 2 rings (SSSR count). The number of benzene rings is 1. The molecule has 1 unspecified atom stereocenters. The SMILES string of the molecule is CCOc1ccc(C(C)(C)CC)cc1-c1csc(C(C)N)n1. The molecule has 0 aliphatic heterocycles. The van der Waals surface area contributed by atoms with Gasteiger partial charge in [-0.3, -0.25) is 0 Å². The van der Waals surface area contributed by atoms with Gasteiger partial charge in [0.25, 0.3) is 0 Å². The van der Waals surface area contributed by atoms with Crippen LogP contribution in [-0.2, 0) is 5.41 Å². The molecule has 3 nitrogen and oxygen atoms in total. The van der Waals surface area contributed by atoms with Crippen molar-refractivity contribution >= 4 is 11.3 Å². The zero-order valence-electron chi connectivity index (χ0n) is 14.1. The first-order chi connectivity index (χ1) is 10.4. The number of aromatic nitrogens is 1. The highest BCUT2D eigenvalue weighted by Gasteiger charge is 2.21. The third-order valence-electron chi connectivity index (χ3n) is 4.13. The Hall–Kier alpha value is -1.39. The Labute approximate surface area is 137 Å². The summed E-state index contributed by atoms with van der Waals surface area (Å²) < 4.78 is 5.80. The van der Waals surface area contributed by atoms with Gasteiger partial charge in [0.15, 0.2) is 0 Å². The molecule has 22 heavy (non-hydrogen) atoms. The second-order valence-corrected chi connectivity index (χ2v) is 7.13. The van der Waals surface area contributed by atoms with E-state index in [9.17, 15) is 0 Å². The van der Waals surface area contributed by atoms with Crippen LogP contribution in [0.3, 0.4) is 0 Å². The molecular formula is C18H26N2OS. The predicted molar refractivity (Wildman–Crippen MR) is 94.6 cm³/mol. The van der Waals surface area contributed by atoms with Gasteiger partial charge in [0, 0.05) is 10.9 Å². The van der Waals surface area contributed by atoms with Crippen LogP contribution in [0.2, 0.25) is 0 Å². The molecule has 0 amide bonds. The van der Waals surface area contributed by atoms with Crippen molar-refractivity contribution in [2.24, 2.45) is 5.73 Å². The summed E-state index contributed by atoms with van der Waals surface area (Å²) in [6, 6.07) is 6.41. The maximum absolute atomic E-state index is 5.94. The van der Waals surface area contributed by atoms with E-state index in [0.29, 0.717) is 6.61 Å². The first-order valence-corrected chi connectivity index (χ1v) is 8.75. The number of ether oxygens (including phenoxy) is 1. The minimum atomic E-state index is -0.0374. The summed E-state index contributed by atoms with van der Waals surface area (Å²) in [5, 5.41) is 3.02. The molecule has 2 N–H and O–H groups in total. The van der Waals surface area contributed by atoms with Gasteiger partial charge < -0.3 is 10.5 Å². The van der Waals surface area contributed by atoms with Crippen LogP contribution in [0.4, 0.5) is 0 Å². The van der Waals surface area contributed by atoms with E-state index in [2.05, 4.69) is 49.3 Å². The third-order valence-corrected chi connectivity index (χ3v) is 5.18. The molecular weight excluding hydrogens is 292 g/mol. The highest BCUT2D eigenvalue weighted by molar-refractivity contribution is 7.10. The molecule has 120 valence electrons. The average Bonchev–Trinajstić information content (AvgIpc) is 2.97. The number of thiazole rings is 1. The highest BCUT2D eigenvalue weighted by atomic mass is 32.1. The fraction of sp³-hybridized carbons (Fsp3) is 0.500. The molecule has 0 saturated heterocycles. The lowest BCUT2D eigenvalue weighted by atomic mass is 9.81. The molecule has 1 heterocycles. The summed E-state index contributed by atoms with van der Waals surface area (Å²) in [5.74, 6) is 0.889. The minimum Gasteiger partial charge on any atom is -0.493 e. The summed E-state index contributed by atoms with van der Waals surface area (Å²) in [6.07, 6.45) is 1.09. The van der Waals surface area contributed by atoms with E-state index in [0.717, 1.165) is 28.4 Å². The van der Waals surface area contributed by atoms with Crippen LogP contribution >= 0.6 is 11.3 Å². The van der Waals surface area contributed by atoms with E-state index >= 15 is 0 Å². The van der Waals surface area contributed by atoms with Gasteiger partial charge >= 0.3 is 0 Å². The standard InChI is InChI=1S/C18H26N2OS/c1-6-18(4,5)13-8-9-16(21-7-2)14(10-13)15-11-22-17(20-15)12(3)19/h8-12H,6-7,19H2,1-5H3. The Morgan fingerprint density at radius 1 is 1.32 bits per heavy atom. The summed E-state index contributed by atoms with van der Waals surface area (Å²) in [4.78, 5) is 4.69. The van der Waals surface area contributed by atoms with E-state index in [1.807, 2.05) is 13.8 Å². The Morgan fingerprint density at radius 2 is 2.05 bits per heavy atom. The molecule has 4 heteroatoms. The first kappa shape index (κ1) is 17.0. The van der Waals surface area contributed by atoms with Gasteiger partial charge in [0.1, 0.15) is 10.8 Å². The lowest BCUT2D eigenvalue weighted by Crippen LogP contribution is -2.15. The quantitative estimate of drug-likeness (QED) is 0.822. The van der Waals surface area contributed by atoms with Crippen LogP contribution < -0.4 is 10.5 Å². The summed E-state index contributed by atoms with van der Waals surface area (Å²) in [5.41, 5.74) is 9.40. The zero-order valence-corrected chi connectivity index (χ0v) is 15.0. The molecule has 1 aromatic carbocycles. The predicted octanol–water partition coefficient (Wildman–Crippen LogP) is 4.92. The Morgan fingerprint density at radius 3 is 2.59 bits per heavy atom. The molecule has 1 aromatic heterocycles. The lowest BCUT2D eigenvalue weighted by molar-refractivity contribution is 0.341. The van der Waals surface area contributed by atoms with Crippen LogP contribution in [0.1, 0.15) is 57.7 Å². The average molecular weight is 318 g/mol. The van der Waals surface area contributed by atoms with Crippen LogP contribution in [0.25, 0.3) is 11.3 Å². The van der Waals surface area contributed by atoms with Crippen LogP contribution in [0.5, 0.6) is 5.75 Å². The maximum atomic E-state index is 5.94. The van der Waals surface area contributed by atoms with Gasteiger partial charge in [-0.1, -0.05) is 26.8 Å². The fourth-order valence-electron chi connectivity index (χ4n) is 2.26. The van der Waals surface area contributed by atoms with Crippen LogP contribution in [-0.4, -0.2) is 11.6 Å². The highest BCUT2D eigenvalue weighted by Crippen LogP contribution is 2.37. The Bertz CT molecular complexity index is 632. The summed E-state index contributed by atoms with van der Waals surface area (Å²) in [6.45, 7) is 11.4. The van der Waals surface area contributed by atoms with E-state index in [4.69, 9.17) is 10.5 Å². The van der Waals surface area contributed by atoms with E-state index in [1.54, 1.807) is 11.3 Å². The van der Waals surface area contributed by atoms with Crippen molar-refractivity contribution in [2.75, 3.05) is 6.61 Å². The second-order valence-electron chi connectivity index (χ2n) is 6.24. The summed E-state index contributed by atoms with van der Waals surface area (Å²) >= 11 is 1.61. The van der Waals surface area contributed by atoms with Gasteiger partial charge in [0.2, 0.25) is 0 Å². The van der Waals surface area contributed by atoms with Crippen molar-refractivity contribution in [1.82, 2.24) is 4.98 Å². The first-order valence-electron chi connectivity index (χ1n) is 7.87. The van der Waals surface area contributed by atoms with Crippen molar-refractivity contribution in [3.8, 4) is 17.0 Å². The number of hydrogen-bond donors (Lipinski definition) is 1. The minimum absolute atomic E-state index is 0.0374. The van der Waals surface area contributed by atoms with Gasteiger partial charge in [0.05, 0.1) is 18.3 Å². The molecule has 0 spiro atoms. The zero-order chi connectivity index (χ0) is 16.3. The number of nitrogens with two attached hydrogens (primary N) is 1. The molecule has 0 saturated carbocycles. The monoisotopic (exact) mass is 318 g/mol. The van der Waals surface area contributed by atoms with Crippen molar-refractivity contribution in [3.63, 3.8) is 0 Å². The molecule has 0 fully saturated rings. The van der Waals surface area contributed by atoms with Crippen LogP contribution in [0, 0.1) is 0 Å². The van der Waals surface area contributed by atoms with Crippen molar-refractivity contribution in [2.45, 2.75) is 52.5 Å². The fourth-order valence-corrected chi connectivity index (χ4v) is 3.03. The lowest BCUT2D eigenvalue weighted by Gasteiger charge is -2.24. The van der Waals surface area contributed by atoms with E-state index < -0.39 is 0 Å². The van der Waals surface area contributed by atoms with Crippen molar-refractivity contribution in [1.29, 1.82) is 0 Å². The van der Waals surface area contributed by atoms with Gasteiger partial charge in [-0.05, 0) is 43.4 Å². The van der Waals surface area contributed by atoms with Crippen molar-refractivity contribution in [3.05, 3.63) is 34.2 Å².